The lowest BCUT2D eigenvalue weighted by atomic mass is 9.87. The Kier molecular flexibility index (Phi) is 14.7. The summed E-state index contributed by atoms with van der Waals surface area (Å²) in [5, 5.41) is 40.7. The SMILES string of the molecule is CC[C@H](OC)[C@@H](C)[C@H]1O[C@@H]1C(NCc1ccc(NC2CC2)cc1)C(C)(O)/C=C/C=C(\C)[C@@H]1OC(=O)C[C@H](O)CC[C@@](C)(O)[C@@H](OC(C)=O)/C=C/[C@@H]1C. The Bertz CT molecular complexity index is 1410. The number of anilines is 1. The third-order valence-corrected chi connectivity index (χ3v) is 10.6. The van der Waals surface area contributed by atoms with E-state index in [2.05, 4.69) is 48.7 Å². The van der Waals surface area contributed by atoms with Gasteiger partial charge in [-0.3, -0.25) is 9.59 Å². The van der Waals surface area contributed by atoms with Crippen LogP contribution >= 0.6 is 0 Å². The van der Waals surface area contributed by atoms with Gasteiger partial charge < -0.3 is 44.9 Å². The summed E-state index contributed by atoms with van der Waals surface area (Å²) in [4.78, 5) is 24.8. The number of methoxy groups -OCH3 is 1. The summed E-state index contributed by atoms with van der Waals surface area (Å²) >= 11 is 0. The molecule has 5 N–H and O–H groups in total. The second-order valence-corrected chi connectivity index (χ2v) is 15.5. The highest BCUT2D eigenvalue weighted by Gasteiger charge is 2.54. The summed E-state index contributed by atoms with van der Waals surface area (Å²) in [6.45, 7) is 13.0. The number of hydrogen-bond acceptors (Lipinski definition) is 11. The van der Waals surface area contributed by atoms with Gasteiger partial charge in [0, 0.05) is 44.1 Å². The van der Waals surface area contributed by atoms with Crippen LogP contribution in [0.25, 0.3) is 0 Å². The number of allylic oxidation sites excluding steroid dienone is 2. The van der Waals surface area contributed by atoms with E-state index in [4.69, 9.17) is 18.9 Å². The zero-order chi connectivity index (χ0) is 38.2. The molecule has 52 heavy (non-hydrogen) atoms. The van der Waals surface area contributed by atoms with E-state index in [1.54, 1.807) is 51.3 Å². The van der Waals surface area contributed by atoms with E-state index >= 15 is 0 Å². The van der Waals surface area contributed by atoms with Gasteiger partial charge in [-0.05, 0) is 82.2 Å². The second-order valence-electron chi connectivity index (χ2n) is 15.5. The van der Waals surface area contributed by atoms with E-state index in [-0.39, 0.29) is 49.4 Å². The second kappa shape index (κ2) is 18.3. The first-order valence-corrected chi connectivity index (χ1v) is 18.9. The molecule has 1 saturated carbocycles. The maximum absolute atomic E-state index is 12.9. The monoisotopic (exact) mass is 726 g/mol. The number of hydrogen-bond donors (Lipinski definition) is 5. The van der Waals surface area contributed by atoms with Crippen LogP contribution in [0.15, 0.2) is 60.2 Å². The van der Waals surface area contributed by atoms with Crippen molar-refractivity contribution in [2.24, 2.45) is 11.8 Å². The molecule has 2 fully saturated rings. The average Bonchev–Trinajstić information content (AvgIpc) is 4.02. The van der Waals surface area contributed by atoms with Crippen molar-refractivity contribution in [2.45, 2.75) is 153 Å². The highest BCUT2D eigenvalue weighted by atomic mass is 16.6. The van der Waals surface area contributed by atoms with Crippen molar-refractivity contribution >= 4 is 17.6 Å². The summed E-state index contributed by atoms with van der Waals surface area (Å²) in [5.41, 5.74) is 0.104. The Morgan fingerprint density at radius 3 is 2.46 bits per heavy atom. The first-order chi connectivity index (χ1) is 24.5. The number of aliphatic hydroxyl groups is 3. The molecule has 0 spiro atoms. The molecule has 1 aromatic rings. The molecule has 0 amide bonds. The number of carbonyl (C=O) groups excluding carboxylic acids is 2. The normalized spacial score (nSPS) is 32.4. The minimum atomic E-state index is -1.45. The topological polar surface area (TPSA) is 159 Å². The van der Waals surface area contributed by atoms with E-state index in [1.165, 1.54) is 19.8 Å². The molecule has 1 aromatic carbocycles. The van der Waals surface area contributed by atoms with Gasteiger partial charge in [0.2, 0.25) is 0 Å². The number of rotatable bonds is 15. The molecule has 0 bridgehead atoms. The summed E-state index contributed by atoms with van der Waals surface area (Å²) in [5.74, 6) is -1.35. The van der Waals surface area contributed by atoms with Crippen LogP contribution in [0.1, 0.15) is 92.6 Å². The molecule has 2 unspecified atom stereocenters. The predicted molar refractivity (Wildman–Crippen MR) is 200 cm³/mol. The predicted octanol–water partition coefficient (Wildman–Crippen LogP) is 5.13. The Labute approximate surface area is 309 Å². The molecule has 290 valence electrons. The standard InChI is InChI=1S/C41H62N2O9/c1-9-33(49-8)27(4)37-38(52-37)39(42-24-29-13-15-30(16-14-29)43-31-17-18-31)41(7,48)21-10-11-25(2)36-26(3)12-19-34(50-28(5)44)40(6,47)22-20-32(45)23-35(46)51-36/h10-16,19,21,26-27,31-34,36-39,42-43,45,47-48H,9,17-18,20,22-24H2,1-8H3/b19-12+,21-10+,25-11+/t26-,27+,32+,33-,34-,36-,37+,38-,39?,40+,41?/m0/s1. The molecule has 0 aromatic heterocycles. The molecule has 11 nitrogen and oxygen atoms in total. The fourth-order valence-corrected chi connectivity index (χ4v) is 7.08. The molecule has 1 aliphatic carbocycles. The Morgan fingerprint density at radius 2 is 1.85 bits per heavy atom. The van der Waals surface area contributed by atoms with Crippen molar-refractivity contribution in [1.29, 1.82) is 0 Å². The van der Waals surface area contributed by atoms with Crippen LogP contribution in [0.4, 0.5) is 5.69 Å². The first kappa shape index (κ1) is 41.7. The average molecular weight is 727 g/mol. The van der Waals surface area contributed by atoms with Crippen LogP contribution in [-0.2, 0) is 35.1 Å². The van der Waals surface area contributed by atoms with Gasteiger partial charge >= 0.3 is 11.9 Å². The zero-order valence-corrected chi connectivity index (χ0v) is 32.2. The molecular formula is C41H62N2O9. The van der Waals surface area contributed by atoms with E-state index in [0.29, 0.717) is 18.2 Å². The fraction of sp³-hybridized carbons (Fsp3) is 0.659. The van der Waals surface area contributed by atoms with Crippen molar-refractivity contribution in [3.05, 3.63) is 65.8 Å². The van der Waals surface area contributed by atoms with Gasteiger partial charge in [-0.15, -0.1) is 0 Å². The number of carbonyl (C=O) groups is 2. The third kappa shape index (κ3) is 12.0. The lowest BCUT2D eigenvalue weighted by Gasteiger charge is -2.32. The fourth-order valence-electron chi connectivity index (χ4n) is 7.08. The van der Waals surface area contributed by atoms with Crippen LogP contribution in [0.3, 0.4) is 0 Å². The van der Waals surface area contributed by atoms with Crippen molar-refractivity contribution in [1.82, 2.24) is 5.32 Å². The van der Waals surface area contributed by atoms with Gasteiger partial charge in [0.15, 0.2) is 0 Å². The van der Waals surface area contributed by atoms with Crippen LogP contribution in [0.2, 0.25) is 0 Å². The van der Waals surface area contributed by atoms with Crippen molar-refractivity contribution in [3.63, 3.8) is 0 Å². The molecule has 2 heterocycles. The van der Waals surface area contributed by atoms with Gasteiger partial charge in [0.1, 0.15) is 23.9 Å². The highest BCUT2D eigenvalue weighted by Crippen LogP contribution is 2.39. The molecule has 3 aliphatic rings. The Balaban J connectivity index is 1.54. The molecule has 1 saturated heterocycles. The van der Waals surface area contributed by atoms with Crippen LogP contribution < -0.4 is 10.6 Å². The number of esters is 2. The third-order valence-electron chi connectivity index (χ3n) is 10.6. The van der Waals surface area contributed by atoms with E-state index in [1.807, 2.05) is 13.8 Å². The molecule has 11 heteroatoms. The minimum absolute atomic E-state index is 0.0365. The van der Waals surface area contributed by atoms with Gasteiger partial charge in [0.25, 0.3) is 0 Å². The number of benzene rings is 1. The van der Waals surface area contributed by atoms with Crippen LogP contribution in [0, 0.1) is 11.8 Å². The summed E-state index contributed by atoms with van der Waals surface area (Å²) in [6, 6.07) is 8.48. The van der Waals surface area contributed by atoms with Crippen molar-refractivity contribution in [2.75, 3.05) is 12.4 Å². The molecule has 2 aliphatic heterocycles. The van der Waals surface area contributed by atoms with Crippen molar-refractivity contribution < 1.29 is 43.9 Å². The summed E-state index contributed by atoms with van der Waals surface area (Å²) in [7, 11) is 1.72. The smallest absolute Gasteiger partial charge is 0.309 e. The lowest BCUT2D eigenvalue weighted by molar-refractivity contribution is -0.157. The quantitative estimate of drug-likeness (QED) is 0.0706. The molecule has 11 atom stereocenters. The largest absolute Gasteiger partial charge is 0.457 e. The first-order valence-electron chi connectivity index (χ1n) is 18.9. The number of ether oxygens (including phenoxy) is 4. The van der Waals surface area contributed by atoms with E-state index < -0.39 is 47.5 Å². The van der Waals surface area contributed by atoms with Gasteiger partial charge in [-0.2, -0.15) is 0 Å². The lowest BCUT2D eigenvalue weighted by Crippen LogP contribution is -2.52. The molecular weight excluding hydrogens is 664 g/mol. The van der Waals surface area contributed by atoms with Gasteiger partial charge in [0.05, 0.1) is 36.4 Å². The highest BCUT2D eigenvalue weighted by molar-refractivity contribution is 5.70. The number of cyclic esters (lactones) is 1. The number of nitrogens with one attached hydrogen (secondary N) is 2. The maximum Gasteiger partial charge on any atom is 0.309 e. The number of epoxide rings is 1. The van der Waals surface area contributed by atoms with Crippen LogP contribution in [0.5, 0.6) is 0 Å². The summed E-state index contributed by atoms with van der Waals surface area (Å²) < 4.78 is 23.3. The Hall–Kier alpha value is -3.06. The maximum atomic E-state index is 12.9. The van der Waals surface area contributed by atoms with E-state index in [0.717, 1.165) is 17.7 Å². The molecule has 4 rings (SSSR count). The van der Waals surface area contributed by atoms with Gasteiger partial charge in [-0.1, -0.05) is 57.2 Å². The van der Waals surface area contributed by atoms with Crippen molar-refractivity contribution in [3.8, 4) is 0 Å². The zero-order valence-electron chi connectivity index (χ0n) is 32.2. The Morgan fingerprint density at radius 1 is 1.15 bits per heavy atom. The number of aliphatic hydroxyl groups excluding tert-OH is 1. The minimum Gasteiger partial charge on any atom is -0.457 e. The summed E-state index contributed by atoms with van der Waals surface area (Å²) in [6.07, 6.45) is 8.91. The van der Waals surface area contributed by atoms with Gasteiger partial charge in [-0.25, -0.2) is 0 Å². The van der Waals surface area contributed by atoms with Crippen LogP contribution in [-0.4, -0.2) is 94.3 Å². The van der Waals surface area contributed by atoms with E-state index in [9.17, 15) is 24.9 Å². The molecule has 0 radical (unpaired) electrons.